The summed E-state index contributed by atoms with van der Waals surface area (Å²) >= 11 is 2.83. The quantitative estimate of drug-likeness (QED) is 0.176. The number of thioether (sulfide) groups is 1. The Balaban J connectivity index is 1.36. The van der Waals surface area contributed by atoms with E-state index in [0.29, 0.717) is 21.8 Å². The van der Waals surface area contributed by atoms with E-state index in [0.717, 1.165) is 42.2 Å². The molecular weight excluding hydrogens is 518 g/mol. The molecule has 192 valence electrons. The number of rotatable bonds is 6. The average Bonchev–Trinajstić information content (AvgIpc) is 3.40. The molecule has 1 amide bonds. The van der Waals surface area contributed by atoms with Gasteiger partial charge in [0.15, 0.2) is 4.34 Å². The highest BCUT2D eigenvalue weighted by Crippen LogP contribution is 2.30. The highest BCUT2D eigenvalue weighted by Gasteiger charge is 2.24. The van der Waals surface area contributed by atoms with Crippen molar-refractivity contribution in [2.45, 2.75) is 48.2 Å². The number of hydrogen-bond acceptors (Lipinski definition) is 8. The molecule has 1 fully saturated rings. The van der Waals surface area contributed by atoms with Crippen molar-refractivity contribution < 1.29 is 4.79 Å². The van der Waals surface area contributed by atoms with Crippen LogP contribution in [0, 0.1) is 5.41 Å². The molecular formula is C27H25N7O2S2. The van der Waals surface area contributed by atoms with Gasteiger partial charge in [0.2, 0.25) is 5.13 Å². The van der Waals surface area contributed by atoms with Crippen molar-refractivity contribution in [2.75, 3.05) is 5.32 Å². The first-order valence-electron chi connectivity index (χ1n) is 12.5. The number of carbonyl (C=O) groups excluding carboxylic acids is 1. The van der Waals surface area contributed by atoms with E-state index < -0.39 is 5.91 Å². The summed E-state index contributed by atoms with van der Waals surface area (Å²) in [7, 11) is 0. The van der Waals surface area contributed by atoms with E-state index >= 15 is 0 Å². The van der Waals surface area contributed by atoms with Gasteiger partial charge in [0, 0.05) is 18.0 Å². The third-order valence-corrected chi connectivity index (χ3v) is 8.82. The molecule has 4 aromatic heterocycles. The monoisotopic (exact) mass is 543 g/mol. The Bertz CT molecular complexity index is 1750. The number of pyridine rings is 2. The first-order valence-corrected chi connectivity index (χ1v) is 14.3. The molecule has 0 spiro atoms. The van der Waals surface area contributed by atoms with Crippen molar-refractivity contribution >= 4 is 50.8 Å². The summed E-state index contributed by atoms with van der Waals surface area (Å²) in [4.78, 5) is 31.6. The molecule has 5 aromatic rings. The van der Waals surface area contributed by atoms with Gasteiger partial charge in [-0.05, 0) is 36.6 Å². The van der Waals surface area contributed by atoms with Crippen LogP contribution in [0.4, 0.5) is 5.13 Å². The number of hydrogen-bond donors (Lipinski definition) is 2. The number of fused-ring (bicyclic) bond motifs is 2. The second-order valence-electron chi connectivity index (χ2n) is 9.25. The third-order valence-electron chi connectivity index (χ3n) is 6.78. The minimum absolute atomic E-state index is 0.00656. The van der Waals surface area contributed by atoms with E-state index in [4.69, 9.17) is 10.4 Å². The minimum atomic E-state index is -0.491. The van der Waals surface area contributed by atoms with Gasteiger partial charge in [0.05, 0.1) is 10.9 Å². The summed E-state index contributed by atoms with van der Waals surface area (Å²) in [6, 6.07) is 16.9. The fraction of sp³-hybridized carbons (Fsp3) is 0.259. The van der Waals surface area contributed by atoms with Gasteiger partial charge in [-0.25, -0.2) is 4.98 Å². The Morgan fingerprint density at radius 3 is 2.68 bits per heavy atom. The van der Waals surface area contributed by atoms with Crippen LogP contribution in [0.3, 0.4) is 0 Å². The van der Waals surface area contributed by atoms with Gasteiger partial charge >= 0.3 is 0 Å². The lowest BCUT2D eigenvalue weighted by atomic mass is 9.94. The lowest BCUT2D eigenvalue weighted by Crippen LogP contribution is -2.35. The molecule has 0 unspecified atom stereocenters. The second-order valence-corrected chi connectivity index (χ2v) is 11.5. The Labute approximate surface area is 226 Å². The van der Waals surface area contributed by atoms with E-state index in [1.165, 1.54) is 27.4 Å². The molecule has 1 aliphatic rings. The van der Waals surface area contributed by atoms with E-state index in [1.807, 2.05) is 24.3 Å². The predicted molar refractivity (Wildman–Crippen MR) is 149 cm³/mol. The lowest BCUT2D eigenvalue weighted by molar-refractivity contribution is 0.102. The van der Waals surface area contributed by atoms with Gasteiger partial charge in [-0.15, -0.1) is 10.2 Å². The molecule has 0 bridgehead atoms. The van der Waals surface area contributed by atoms with Crippen LogP contribution < -0.4 is 16.4 Å². The van der Waals surface area contributed by atoms with Crippen molar-refractivity contribution in [3.63, 3.8) is 0 Å². The standard InChI is InChI=1S/C27H25N7O2S2/c28-22-19(24(35)30-26-31-32-27(38-26)37-16-17-9-3-1-4-10-17)15-20-23(34(22)18-11-5-2-6-12-18)29-21-13-7-8-14-33(21)25(20)36/h1,3-4,7-10,13-15,18,28H,2,5-6,11-12,16H2,(H,30,31,35). The molecule has 0 radical (unpaired) electrons. The molecule has 4 heterocycles. The van der Waals surface area contributed by atoms with E-state index in [-0.39, 0.29) is 22.7 Å². The molecule has 0 aliphatic heterocycles. The minimum Gasteiger partial charge on any atom is -0.307 e. The zero-order valence-electron chi connectivity index (χ0n) is 20.5. The summed E-state index contributed by atoms with van der Waals surface area (Å²) in [6.07, 6.45) is 6.64. The van der Waals surface area contributed by atoms with Gasteiger partial charge in [-0.1, -0.05) is 78.8 Å². The fourth-order valence-corrected chi connectivity index (χ4v) is 6.62. The number of aromatic nitrogens is 5. The second kappa shape index (κ2) is 10.5. The van der Waals surface area contributed by atoms with Crippen LogP contribution in [0.15, 0.2) is 69.9 Å². The van der Waals surface area contributed by atoms with Crippen LogP contribution in [0.25, 0.3) is 16.7 Å². The summed E-state index contributed by atoms with van der Waals surface area (Å²) in [6.45, 7) is 0. The van der Waals surface area contributed by atoms with Crippen molar-refractivity contribution in [3.05, 3.63) is 87.8 Å². The van der Waals surface area contributed by atoms with Crippen LogP contribution in [0.2, 0.25) is 0 Å². The van der Waals surface area contributed by atoms with E-state index in [9.17, 15) is 9.59 Å². The zero-order chi connectivity index (χ0) is 26.1. The maximum Gasteiger partial charge on any atom is 0.267 e. The zero-order valence-corrected chi connectivity index (χ0v) is 22.1. The van der Waals surface area contributed by atoms with Crippen LogP contribution in [-0.2, 0) is 5.75 Å². The van der Waals surface area contributed by atoms with Crippen LogP contribution in [0.5, 0.6) is 0 Å². The fourth-order valence-electron chi connectivity index (χ4n) is 4.92. The van der Waals surface area contributed by atoms with Gasteiger partial charge in [0.25, 0.3) is 11.5 Å². The van der Waals surface area contributed by atoms with E-state index in [2.05, 4.69) is 27.6 Å². The Morgan fingerprint density at radius 2 is 1.87 bits per heavy atom. The van der Waals surface area contributed by atoms with Gasteiger partial charge in [0.1, 0.15) is 16.8 Å². The molecule has 0 atom stereocenters. The first kappa shape index (κ1) is 24.5. The smallest absolute Gasteiger partial charge is 0.267 e. The number of carbonyl (C=O) groups is 1. The number of benzene rings is 1. The van der Waals surface area contributed by atoms with Crippen LogP contribution in [0.1, 0.15) is 54.1 Å². The highest BCUT2D eigenvalue weighted by molar-refractivity contribution is 8.00. The van der Waals surface area contributed by atoms with Crippen LogP contribution >= 0.6 is 23.1 Å². The van der Waals surface area contributed by atoms with Crippen molar-refractivity contribution in [2.24, 2.45) is 0 Å². The Hall–Kier alpha value is -3.83. The number of amides is 1. The van der Waals surface area contributed by atoms with Crippen molar-refractivity contribution in [1.82, 2.24) is 24.1 Å². The number of nitrogens with zero attached hydrogens (tertiary/aromatic N) is 5. The maximum atomic E-state index is 13.5. The highest BCUT2D eigenvalue weighted by atomic mass is 32.2. The largest absolute Gasteiger partial charge is 0.307 e. The molecule has 6 rings (SSSR count). The molecule has 11 heteroatoms. The molecule has 1 saturated carbocycles. The summed E-state index contributed by atoms with van der Waals surface area (Å²) in [5, 5.41) is 20.8. The molecule has 0 saturated heterocycles. The normalized spacial score (nSPS) is 14.2. The van der Waals surface area contributed by atoms with Crippen molar-refractivity contribution in [3.8, 4) is 0 Å². The lowest BCUT2D eigenvalue weighted by Gasteiger charge is -2.26. The van der Waals surface area contributed by atoms with Gasteiger partial charge in [-0.3, -0.25) is 24.7 Å². The molecule has 1 aliphatic carbocycles. The van der Waals surface area contributed by atoms with E-state index in [1.54, 1.807) is 34.7 Å². The molecule has 2 N–H and O–H groups in total. The van der Waals surface area contributed by atoms with Gasteiger partial charge in [-0.2, -0.15) is 0 Å². The predicted octanol–water partition coefficient (Wildman–Crippen LogP) is 5.03. The molecule has 1 aromatic carbocycles. The van der Waals surface area contributed by atoms with Gasteiger partial charge < -0.3 is 4.57 Å². The summed E-state index contributed by atoms with van der Waals surface area (Å²) in [5.74, 6) is 0.256. The first-order chi connectivity index (χ1) is 18.6. The van der Waals surface area contributed by atoms with Crippen molar-refractivity contribution in [1.29, 1.82) is 5.41 Å². The summed E-state index contributed by atoms with van der Waals surface area (Å²) in [5.41, 5.74) is 2.04. The average molecular weight is 544 g/mol. The molecule has 38 heavy (non-hydrogen) atoms. The number of nitrogens with one attached hydrogen (secondary N) is 2. The third kappa shape index (κ3) is 4.74. The molecule has 9 nitrogen and oxygen atoms in total. The maximum absolute atomic E-state index is 13.5. The topological polar surface area (TPSA) is 118 Å². The Morgan fingerprint density at radius 1 is 1.08 bits per heavy atom. The summed E-state index contributed by atoms with van der Waals surface area (Å²) < 4.78 is 4.00. The van der Waals surface area contributed by atoms with Crippen LogP contribution in [-0.4, -0.2) is 30.1 Å². The number of anilines is 1. The SMILES string of the molecule is N=c1c(C(=O)Nc2nnc(SCc3ccccc3)s2)cc2c(=O)n3ccccc3nc2n1C1CCCCC1. The Kier molecular flexibility index (Phi) is 6.77.